The van der Waals surface area contributed by atoms with Crippen LogP contribution in [0.2, 0.25) is 0 Å². The molecule has 0 fully saturated rings. The maximum absolute atomic E-state index is 10.2. The van der Waals surface area contributed by atoms with Crippen molar-refractivity contribution < 1.29 is 22.3 Å². The van der Waals surface area contributed by atoms with Gasteiger partial charge in [0.1, 0.15) is 18.5 Å². The number of hydrogen-bond acceptors (Lipinski definition) is 3. The van der Waals surface area contributed by atoms with Crippen molar-refractivity contribution in [3.63, 3.8) is 0 Å². The highest BCUT2D eigenvalue weighted by Crippen LogP contribution is 2.27. The minimum Gasteiger partial charge on any atom is -1.00 e. The van der Waals surface area contributed by atoms with Crippen LogP contribution >= 0.6 is 0 Å². The molecule has 138 valence electrons. The molecule has 25 heavy (non-hydrogen) atoms. The van der Waals surface area contributed by atoms with Gasteiger partial charge in [-0.25, -0.2) is 0 Å². The van der Waals surface area contributed by atoms with Crippen LogP contribution in [-0.4, -0.2) is 24.4 Å². The fourth-order valence-corrected chi connectivity index (χ4v) is 2.66. The Morgan fingerprint density at radius 3 is 2.36 bits per heavy atom. The number of aliphatic hydroxyl groups excluding tert-OH is 1. The van der Waals surface area contributed by atoms with Crippen molar-refractivity contribution in [3.8, 4) is 5.75 Å². The molecule has 0 saturated heterocycles. The summed E-state index contributed by atoms with van der Waals surface area (Å²) in [5.74, 6) is 1.27. The number of aryl methyl sites for hydroxylation is 1. The quantitative estimate of drug-likeness (QED) is 0.741. The van der Waals surface area contributed by atoms with Crippen LogP contribution in [0.4, 0.5) is 0 Å². The second-order valence-corrected chi connectivity index (χ2v) is 6.70. The highest BCUT2D eigenvalue weighted by atomic mass is 35.5. The van der Waals surface area contributed by atoms with E-state index in [1.807, 2.05) is 24.3 Å². The zero-order valence-electron chi connectivity index (χ0n) is 15.5. The molecule has 4 heteroatoms. The van der Waals surface area contributed by atoms with Crippen LogP contribution in [0.3, 0.4) is 0 Å². The van der Waals surface area contributed by atoms with Gasteiger partial charge in [-0.2, -0.15) is 0 Å². The summed E-state index contributed by atoms with van der Waals surface area (Å²) in [6.07, 6.45) is -0.545. The molecular formula is C21H29ClNO2-. The van der Waals surface area contributed by atoms with Crippen molar-refractivity contribution in [2.45, 2.75) is 45.8 Å². The predicted octanol–water partition coefficient (Wildman–Crippen LogP) is 1.21. The summed E-state index contributed by atoms with van der Waals surface area (Å²) in [6, 6.07) is 16.7. The number of aliphatic hydroxyl groups is 1. The first-order chi connectivity index (χ1) is 11.5. The first-order valence-corrected chi connectivity index (χ1v) is 8.67. The van der Waals surface area contributed by atoms with Crippen molar-refractivity contribution in [2.24, 2.45) is 0 Å². The van der Waals surface area contributed by atoms with Gasteiger partial charge in [-0.15, -0.1) is 0 Å². The van der Waals surface area contributed by atoms with Crippen LogP contribution in [0.15, 0.2) is 48.5 Å². The van der Waals surface area contributed by atoms with E-state index in [1.165, 1.54) is 16.7 Å². The van der Waals surface area contributed by atoms with Crippen LogP contribution < -0.4 is 22.5 Å². The molecule has 0 aliphatic rings. The third kappa shape index (κ3) is 6.69. The number of ether oxygens (including phenoxy) is 1. The maximum atomic E-state index is 10.2. The highest BCUT2D eigenvalue weighted by Gasteiger charge is 2.12. The summed E-state index contributed by atoms with van der Waals surface area (Å²) in [7, 11) is 0. The second-order valence-electron chi connectivity index (χ2n) is 6.70. The minimum absolute atomic E-state index is 0. The second kappa shape index (κ2) is 10.4. The Kier molecular flexibility index (Phi) is 8.98. The van der Waals surface area contributed by atoms with Crippen molar-refractivity contribution >= 4 is 0 Å². The Bertz CT molecular complexity index is 631. The fraction of sp³-hybridized carbons (Fsp3) is 0.429. The smallest absolute Gasteiger partial charge is 0.123 e. The molecule has 2 aromatic carbocycles. The minimum atomic E-state index is -0.545. The monoisotopic (exact) mass is 362 g/mol. The summed E-state index contributed by atoms with van der Waals surface area (Å²) < 4.78 is 5.89. The molecule has 2 atom stereocenters. The average Bonchev–Trinajstić information content (AvgIpc) is 2.58. The van der Waals surface area contributed by atoms with Gasteiger partial charge in [0.2, 0.25) is 0 Å². The number of nitrogens with one attached hydrogen (secondary N) is 1. The van der Waals surface area contributed by atoms with E-state index in [-0.39, 0.29) is 25.1 Å². The lowest BCUT2D eigenvalue weighted by Gasteiger charge is -2.20. The Morgan fingerprint density at radius 1 is 1.04 bits per heavy atom. The Hall–Kier alpha value is -1.55. The Labute approximate surface area is 157 Å². The first-order valence-electron chi connectivity index (χ1n) is 8.67. The van der Waals surface area contributed by atoms with Gasteiger partial charge in [0.05, 0.1) is 0 Å². The normalized spacial score (nSPS) is 13.2. The fourth-order valence-electron chi connectivity index (χ4n) is 2.66. The largest absolute Gasteiger partial charge is 1.00 e. The van der Waals surface area contributed by atoms with Gasteiger partial charge in [-0.05, 0) is 42.5 Å². The van der Waals surface area contributed by atoms with Crippen LogP contribution in [0.25, 0.3) is 0 Å². The van der Waals surface area contributed by atoms with Crippen molar-refractivity contribution in [3.05, 3.63) is 65.2 Å². The topological polar surface area (TPSA) is 41.5 Å². The molecule has 3 nitrogen and oxygen atoms in total. The molecule has 2 unspecified atom stereocenters. The molecule has 0 amide bonds. The summed E-state index contributed by atoms with van der Waals surface area (Å²) in [5.41, 5.74) is 3.56. The van der Waals surface area contributed by atoms with Gasteiger partial charge in [-0.3, -0.25) is 0 Å². The van der Waals surface area contributed by atoms with Crippen molar-refractivity contribution in [1.29, 1.82) is 0 Å². The molecular weight excluding hydrogens is 334 g/mol. The molecule has 0 aromatic heterocycles. The van der Waals surface area contributed by atoms with E-state index in [2.05, 4.69) is 57.3 Å². The Morgan fingerprint density at radius 2 is 1.72 bits per heavy atom. The molecule has 0 spiro atoms. The third-order valence-electron chi connectivity index (χ3n) is 4.18. The van der Waals surface area contributed by atoms with Crippen LogP contribution in [0.5, 0.6) is 5.75 Å². The first kappa shape index (κ1) is 21.5. The summed E-state index contributed by atoms with van der Waals surface area (Å²) in [4.78, 5) is 0. The standard InChI is InChI=1S/C21H29NO2.ClH/c1-15(2)20-11-10-16(3)12-21(20)24-14-19(23)13-22-17(4)18-8-6-5-7-9-18;/h5-12,15,17,19,22-23H,13-14H2,1-4H3;1H/p-1. The van der Waals surface area contributed by atoms with Gasteiger partial charge in [-0.1, -0.05) is 56.3 Å². The lowest BCUT2D eigenvalue weighted by molar-refractivity contribution is -0.00000699. The maximum Gasteiger partial charge on any atom is 0.123 e. The average molecular weight is 363 g/mol. The van der Waals surface area contributed by atoms with Crippen molar-refractivity contribution in [2.75, 3.05) is 13.2 Å². The molecule has 0 aliphatic carbocycles. The summed E-state index contributed by atoms with van der Waals surface area (Å²) >= 11 is 0. The molecule has 0 aliphatic heterocycles. The van der Waals surface area contributed by atoms with E-state index in [9.17, 15) is 5.11 Å². The molecule has 0 heterocycles. The highest BCUT2D eigenvalue weighted by molar-refractivity contribution is 5.39. The third-order valence-corrected chi connectivity index (χ3v) is 4.18. The number of rotatable bonds is 8. The zero-order valence-corrected chi connectivity index (χ0v) is 16.3. The molecule has 0 radical (unpaired) electrons. The lowest BCUT2D eigenvalue weighted by atomic mass is 10.0. The summed E-state index contributed by atoms with van der Waals surface area (Å²) in [6.45, 7) is 9.24. The molecule has 2 rings (SSSR count). The SMILES string of the molecule is Cc1ccc(C(C)C)c(OCC(O)CNC(C)c2ccccc2)c1.[Cl-]. The van der Waals surface area contributed by atoms with E-state index in [4.69, 9.17) is 4.74 Å². The molecule has 2 N–H and O–H groups in total. The zero-order chi connectivity index (χ0) is 17.5. The molecule has 0 saturated carbocycles. The van der Waals surface area contributed by atoms with Crippen LogP contribution in [0.1, 0.15) is 49.4 Å². The Balaban J connectivity index is 0.00000312. The number of benzene rings is 2. The van der Waals surface area contributed by atoms with Crippen molar-refractivity contribution in [1.82, 2.24) is 5.32 Å². The lowest BCUT2D eigenvalue weighted by Crippen LogP contribution is -3.00. The van der Waals surface area contributed by atoms with Gasteiger partial charge >= 0.3 is 0 Å². The van der Waals surface area contributed by atoms with E-state index < -0.39 is 6.10 Å². The van der Waals surface area contributed by atoms with Gasteiger partial charge < -0.3 is 27.6 Å². The van der Waals surface area contributed by atoms with E-state index in [0.717, 1.165) is 5.75 Å². The molecule has 0 bridgehead atoms. The number of hydrogen-bond donors (Lipinski definition) is 2. The van der Waals surface area contributed by atoms with Crippen LogP contribution in [-0.2, 0) is 0 Å². The van der Waals surface area contributed by atoms with E-state index >= 15 is 0 Å². The van der Waals surface area contributed by atoms with E-state index in [1.54, 1.807) is 0 Å². The van der Waals surface area contributed by atoms with Gasteiger partial charge in [0.15, 0.2) is 0 Å². The van der Waals surface area contributed by atoms with Gasteiger partial charge in [0, 0.05) is 12.6 Å². The predicted molar refractivity (Wildman–Crippen MR) is 99.6 cm³/mol. The van der Waals surface area contributed by atoms with Gasteiger partial charge in [0.25, 0.3) is 0 Å². The van der Waals surface area contributed by atoms with Crippen LogP contribution in [0, 0.1) is 6.92 Å². The number of halogens is 1. The summed E-state index contributed by atoms with van der Waals surface area (Å²) in [5, 5.41) is 13.6. The molecule has 2 aromatic rings. The van der Waals surface area contributed by atoms with E-state index in [0.29, 0.717) is 12.5 Å².